The van der Waals surface area contributed by atoms with Crippen LogP contribution in [0.3, 0.4) is 0 Å². The Morgan fingerprint density at radius 1 is 1.12 bits per heavy atom. The molecule has 2 aromatic rings. The number of nitrogens with zero attached hydrogens (tertiary/aromatic N) is 1. The maximum atomic E-state index is 12.0. The van der Waals surface area contributed by atoms with Crippen molar-refractivity contribution in [1.29, 1.82) is 0 Å². The molecule has 0 aliphatic carbocycles. The number of amides is 2. The van der Waals surface area contributed by atoms with E-state index in [1.807, 2.05) is 0 Å². The third-order valence-corrected chi connectivity index (χ3v) is 4.03. The Kier molecular flexibility index (Phi) is 7.16. The fraction of sp³-hybridized carbons (Fsp3) is 0.167. The zero-order chi connectivity index (χ0) is 18.9. The van der Waals surface area contributed by atoms with Gasteiger partial charge in [-0.05, 0) is 51.8 Å². The molecule has 0 atom stereocenters. The van der Waals surface area contributed by atoms with Crippen LogP contribution in [0.15, 0.2) is 52.0 Å². The number of halogens is 1. The molecule has 0 bridgehead atoms. The fourth-order valence-electron chi connectivity index (χ4n) is 2.05. The Morgan fingerprint density at radius 2 is 1.85 bits per heavy atom. The number of hydrogen-bond donors (Lipinski definition) is 2. The molecule has 0 aromatic heterocycles. The number of benzene rings is 2. The Balaban J connectivity index is 1.86. The van der Waals surface area contributed by atoms with Crippen molar-refractivity contribution in [3.05, 3.63) is 58.1 Å². The van der Waals surface area contributed by atoms with Gasteiger partial charge in [0.2, 0.25) is 0 Å². The number of nitrogens with one attached hydrogen (secondary N) is 2. The number of hydrazone groups is 1. The van der Waals surface area contributed by atoms with Crippen molar-refractivity contribution in [2.24, 2.45) is 5.10 Å². The quantitative estimate of drug-likeness (QED) is 0.532. The molecular formula is C18H18BrN3O4. The maximum Gasteiger partial charge on any atom is 0.259 e. The van der Waals surface area contributed by atoms with Crippen LogP contribution in [-0.4, -0.2) is 38.8 Å². The molecule has 2 rings (SSSR count). The van der Waals surface area contributed by atoms with Crippen LogP contribution in [0.4, 0.5) is 0 Å². The van der Waals surface area contributed by atoms with E-state index in [2.05, 4.69) is 31.8 Å². The molecule has 2 N–H and O–H groups in total. The molecule has 0 saturated heterocycles. The Hall–Kier alpha value is -2.87. The zero-order valence-electron chi connectivity index (χ0n) is 14.3. The SMILES string of the molecule is COc1ccc(C=NNC(=O)CNC(=O)c2ccccc2Br)cc1OC. The van der Waals surface area contributed by atoms with Gasteiger partial charge in [0.1, 0.15) is 0 Å². The van der Waals surface area contributed by atoms with E-state index in [1.54, 1.807) is 49.6 Å². The molecule has 2 amide bonds. The fourth-order valence-corrected chi connectivity index (χ4v) is 2.52. The molecule has 8 heteroatoms. The van der Waals surface area contributed by atoms with Crippen molar-refractivity contribution in [3.63, 3.8) is 0 Å². The number of carbonyl (C=O) groups excluding carboxylic acids is 2. The van der Waals surface area contributed by atoms with Crippen molar-refractivity contribution >= 4 is 34.0 Å². The molecule has 136 valence electrons. The smallest absolute Gasteiger partial charge is 0.259 e. The lowest BCUT2D eigenvalue weighted by molar-refractivity contribution is -0.120. The second kappa shape index (κ2) is 9.57. The molecule has 0 heterocycles. The zero-order valence-corrected chi connectivity index (χ0v) is 15.9. The number of ether oxygens (including phenoxy) is 2. The van der Waals surface area contributed by atoms with E-state index in [1.165, 1.54) is 13.3 Å². The summed E-state index contributed by atoms with van der Waals surface area (Å²) in [5.74, 6) is 0.366. The average Bonchev–Trinajstić information content (AvgIpc) is 2.66. The summed E-state index contributed by atoms with van der Waals surface area (Å²) in [5.41, 5.74) is 3.53. The molecule has 0 aliphatic heterocycles. The van der Waals surface area contributed by atoms with E-state index in [-0.39, 0.29) is 12.5 Å². The van der Waals surface area contributed by atoms with Crippen LogP contribution in [0, 0.1) is 0 Å². The van der Waals surface area contributed by atoms with Crippen LogP contribution in [-0.2, 0) is 4.79 Å². The Bertz CT molecular complexity index is 824. The summed E-state index contributed by atoms with van der Waals surface area (Å²) in [7, 11) is 3.09. The lowest BCUT2D eigenvalue weighted by Gasteiger charge is -2.07. The van der Waals surface area contributed by atoms with Crippen molar-refractivity contribution in [3.8, 4) is 11.5 Å². The Labute approximate surface area is 159 Å². The van der Waals surface area contributed by atoms with Crippen molar-refractivity contribution in [1.82, 2.24) is 10.7 Å². The number of methoxy groups -OCH3 is 2. The molecule has 0 unspecified atom stereocenters. The van der Waals surface area contributed by atoms with E-state index >= 15 is 0 Å². The van der Waals surface area contributed by atoms with Crippen LogP contribution >= 0.6 is 15.9 Å². The van der Waals surface area contributed by atoms with E-state index < -0.39 is 5.91 Å². The second-order valence-corrected chi connectivity index (χ2v) is 5.92. The van der Waals surface area contributed by atoms with Gasteiger partial charge in [-0.2, -0.15) is 5.10 Å². The summed E-state index contributed by atoms with van der Waals surface area (Å²) in [6.45, 7) is -0.191. The highest BCUT2D eigenvalue weighted by molar-refractivity contribution is 9.10. The van der Waals surface area contributed by atoms with Gasteiger partial charge >= 0.3 is 0 Å². The van der Waals surface area contributed by atoms with Gasteiger partial charge in [0.15, 0.2) is 11.5 Å². The molecule has 0 spiro atoms. The van der Waals surface area contributed by atoms with Crippen molar-refractivity contribution in [2.45, 2.75) is 0 Å². The summed E-state index contributed by atoms with van der Waals surface area (Å²) in [6.07, 6.45) is 1.47. The minimum Gasteiger partial charge on any atom is -0.493 e. The third-order valence-electron chi connectivity index (χ3n) is 3.34. The first-order valence-electron chi connectivity index (χ1n) is 7.61. The van der Waals surface area contributed by atoms with Gasteiger partial charge < -0.3 is 14.8 Å². The Morgan fingerprint density at radius 3 is 2.54 bits per heavy atom. The third kappa shape index (κ3) is 5.32. The average molecular weight is 420 g/mol. The van der Waals surface area contributed by atoms with E-state index in [9.17, 15) is 9.59 Å². The minimum absolute atomic E-state index is 0.191. The highest BCUT2D eigenvalue weighted by Gasteiger charge is 2.10. The number of carbonyl (C=O) groups is 2. The monoisotopic (exact) mass is 419 g/mol. The first-order valence-corrected chi connectivity index (χ1v) is 8.41. The normalized spacial score (nSPS) is 10.4. The lowest BCUT2D eigenvalue weighted by atomic mass is 10.2. The largest absolute Gasteiger partial charge is 0.493 e. The summed E-state index contributed by atoms with van der Waals surface area (Å²) in [4.78, 5) is 23.8. The highest BCUT2D eigenvalue weighted by atomic mass is 79.9. The topological polar surface area (TPSA) is 89.0 Å². The molecule has 0 saturated carbocycles. The predicted molar refractivity (Wildman–Crippen MR) is 102 cm³/mol. The first-order chi connectivity index (χ1) is 12.5. The molecule has 7 nitrogen and oxygen atoms in total. The van der Waals surface area contributed by atoms with Gasteiger partial charge in [0.05, 0.1) is 32.5 Å². The van der Waals surface area contributed by atoms with Crippen LogP contribution < -0.4 is 20.2 Å². The van der Waals surface area contributed by atoms with Crippen LogP contribution in [0.1, 0.15) is 15.9 Å². The molecule has 2 aromatic carbocycles. The van der Waals surface area contributed by atoms with E-state index in [4.69, 9.17) is 9.47 Å². The van der Waals surface area contributed by atoms with Crippen LogP contribution in [0.25, 0.3) is 0 Å². The summed E-state index contributed by atoms with van der Waals surface area (Å²) < 4.78 is 11.0. The second-order valence-electron chi connectivity index (χ2n) is 5.07. The maximum absolute atomic E-state index is 12.0. The van der Waals surface area contributed by atoms with Crippen molar-refractivity contribution in [2.75, 3.05) is 20.8 Å². The van der Waals surface area contributed by atoms with E-state index in [0.29, 0.717) is 21.5 Å². The highest BCUT2D eigenvalue weighted by Crippen LogP contribution is 2.26. The molecule has 0 aliphatic rings. The summed E-state index contributed by atoms with van der Waals surface area (Å²) in [5, 5.41) is 6.39. The minimum atomic E-state index is -0.442. The molecule has 0 radical (unpaired) electrons. The van der Waals surface area contributed by atoms with Gasteiger partial charge in [-0.1, -0.05) is 12.1 Å². The van der Waals surface area contributed by atoms with Crippen LogP contribution in [0.5, 0.6) is 11.5 Å². The standard InChI is InChI=1S/C18H18BrN3O4/c1-25-15-8-7-12(9-16(15)26-2)10-21-22-17(23)11-20-18(24)13-5-3-4-6-14(13)19/h3-10H,11H2,1-2H3,(H,20,24)(H,22,23). The van der Waals surface area contributed by atoms with Crippen LogP contribution in [0.2, 0.25) is 0 Å². The van der Waals surface area contributed by atoms with Crippen molar-refractivity contribution < 1.29 is 19.1 Å². The molecule has 0 fully saturated rings. The summed E-state index contributed by atoms with van der Waals surface area (Å²) in [6, 6.07) is 12.2. The van der Waals surface area contributed by atoms with Gasteiger partial charge in [-0.3, -0.25) is 9.59 Å². The number of rotatable bonds is 7. The molecule has 26 heavy (non-hydrogen) atoms. The van der Waals surface area contributed by atoms with E-state index in [0.717, 1.165) is 5.56 Å². The van der Waals surface area contributed by atoms with Gasteiger partial charge in [-0.15, -0.1) is 0 Å². The predicted octanol–water partition coefficient (Wildman–Crippen LogP) is 2.35. The molecular weight excluding hydrogens is 402 g/mol. The lowest BCUT2D eigenvalue weighted by Crippen LogP contribution is -2.35. The summed E-state index contributed by atoms with van der Waals surface area (Å²) >= 11 is 3.29. The van der Waals surface area contributed by atoms with Gasteiger partial charge in [0, 0.05) is 4.47 Å². The van der Waals surface area contributed by atoms with Gasteiger partial charge in [0.25, 0.3) is 11.8 Å². The first kappa shape index (κ1) is 19.5. The van der Waals surface area contributed by atoms with Gasteiger partial charge in [-0.25, -0.2) is 5.43 Å². The number of hydrogen-bond acceptors (Lipinski definition) is 5.